The molecular weight excluding hydrogens is 168 g/mol. The van der Waals surface area contributed by atoms with Crippen LogP contribution in [0.2, 0.25) is 0 Å². The van der Waals surface area contributed by atoms with Gasteiger partial charge in [-0.1, -0.05) is 5.16 Å². The smallest absolute Gasteiger partial charge is 0.150 e. The van der Waals surface area contributed by atoms with Crippen molar-refractivity contribution in [1.29, 1.82) is 0 Å². The molecule has 4 heteroatoms. The standard InChI is InChI=1S/C9H16N2O2/c1-9(2,12)7-11(3)6-8-4-5-10-13-8/h4-5,12H,6-7H2,1-3H3. The van der Waals surface area contributed by atoms with E-state index in [0.29, 0.717) is 13.1 Å². The lowest BCUT2D eigenvalue weighted by Crippen LogP contribution is -2.35. The third-order valence-corrected chi connectivity index (χ3v) is 1.57. The summed E-state index contributed by atoms with van der Waals surface area (Å²) < 4.78 is 4.95. The van der Waals surface area contributed by atoms with Crippen LogP contribution in [0.1, 0.15) is 19.6 Å². The molecule has 0 aliphatic heterocycles. The molecule has 1 aromatic rings. The molecule has 0 radical (unpaired) electrons. The van der Waals surface area contributed by atoms with Gasteiger partial charge in [-0.05, 0) is 20.9 Å². The molecule has 1 N–H and O–H groups in total. The monoisotopic (exact) mass is 184 g/mol. The Balaban J connectivity index is 2.38. The summed E-state index contributed by atoms with van der Waals surface area (Å²) in [6, 6.07) is 1.82. The molecule has 4 nitrogen and oxygen atoms in total. The molecule has 0 fully saturated rings. The fourth-order valence-corrected chi connectivity index (χ4v) is 1.31. The van der Waals surface area contributed by atoms with Crippen molar-refractivity contribution >= 4 is 0 Å². The summed E-state index contributed by atoms with van der Waals surface area (Å²) in [5, 5.41) is 13.1. The zero-order chi connectivity index (χ0) is 9.90. The summed E-state index contributed by atoms with van der Waals surface area (Å²) >= 11 is 0. The molecule has 0 atom stereocenters. The molecular formula is C9H16N2O2. The second-order valence-corrected chi connectivity index (χ2v) is 3.96. The summed E-state index contributed by atoms with van der Waals surface area (Å²) in [6.07, 6.45) is 1.62. The highest BCUT2D eigenvalue weighted by molar-refractivity contribution is 4.92. The van der Waals surface area contributed by atoms with E-state index in [9.17, 15) is 5.11 Å². The molecule has 0 saturated heterocycles. The number of hydrogen-bond donors (Lipinski definition) is 1. The second kappa shape index (κ2) is 3.89. The van der Waals surface area contributed by atoms with E-state index in [0.717, 1.165) is 5.76 Å². The molecule has 0 aliphatic carbocycles. The van der Waals surface area contributed by atoms with Crippen molar-refractivity contribution in [2.45, 2.75) is 26.0 Å². The third kappa shape index (κ3) is 4.05. The highest BCUT2D eigenvalue weighted by Gasteiger charge is 2.16. The Bertz CT molecular complexity index is 239. The fourth-order valence-electron chi connectivity index (χ4n) is 1.31. The maximum Gasteiger partial charge on any atom is 0.150 e. The van der Waals surface area contributed by atoms with Crippen LogP contribution in [0.3, 0.4) is 0 Å². The van der Waals surface area contributed by atoms with Crippen molar-refractivity contribution in [3.05, 3.63) is 18.0 Å². The zero-order valence-corrected chi connectivity index (χ0v) is 8.32. The van der Waals surface area contributed by atoms with E-state index < -0.39 is 5.60 Å². The summed E-state index contributed by atoms with van der Waals surface area (Å²) in [6.45, 7) is 4.84. The molecule has 13 heavy (non-hydrogen) atoms. The van der Waals surface area contributed by atoms with Gasteiger partial charge in [0.25, 0.3) is 0 Å². The van der Waals surface area contributed by atoms with E-state index >= 15 is 0 Å². The predicted molar refractivity (Wildman–Crippen MR) is 49.1 cm³/mol. The van der Waals surface area contributed by atoms with Gasteiger partial charge in [0.15, 0.2) is 5.76 Å². The molecule has 1 heterocycles. The zero-order valence-electron chi connectivity index (χ0n) is 8.32. The van der Waals surface area contributed by atoms with Crippen molar-refractivity contribution in [1.82, 2.24) is 10.1 Å². The quantitative estimate of drug-likeness (QED) is 0.754. The van der Waals surface area contributed by atoms with E-state index in [2.05, 4.69) is 5.16 Å². The van der Waals surface area contributed by atoms with Gasteiger partial charge in [0.05, 0.1) is 18.3 Å². The summed E-state index contributed by atoms with van der Waals surface area (Å²) in [5.41, 5.74) is -0.672. The van der Waals surface area contributed by atoms with Crippen molar-refractivity contribution in [3.63, 3.8) is 0 Å². The second-order valence-electron chi connectivity index (χ2n) is 3.96. The number of aromatic nitrogens is 1. The molecule has 0 spiro atoms. The number of rotatable bonds is 4. The van der Waals surface area contributed by atoms with Gasteiger partial charge in [-0.25, -0.2) is 0 Å². The summed E-state index contributed by atoms with van der Waals surface area (Å²) in [4.78, 5) is 1.99. The average molecular weight is 184 g/mol. The largest absolute Gasteiger partial charge is 0.389 e. The topological polar surface area (TPSA) is 49.5 Å². The highest BCUT2D eigenvalue weighted by Crippen LogP contribution is 2.07. The minimum atomic E-state index is -0.672. The van der Waals surface area contributed by atoms with E-state index in [1.165, 1.54) is 0 Å². The van der Waals surface area contributed by atoms with Crippen LogP contribution in [0.4, 0.5) is 0 Å². The lowest BCUT2D eigenvalue weighted by Gasteiger charge is -2.24. The number of aliphatic hydroxyl groups is 1. The Morgan fingerprint density at radius 1 is 1.62 bits per heavy atom. The van der Waals surface area contributed by atoms with Crippen LogP contribution in [-0.4, -0.2) is 34.4 Å². The van der Waals surface area contributed by atoms with Gasteiger partial charge in [-0.2, -0.15) is 0 Å². The van der Waals surface area contributed by atoms with Gasteiger partial charge in [0.2, 0.25) is 0 Å². The fraction of sp³-hybridized carbons (Fsp3) is 0.667. The van der Waals surface area contributed by atoms with Gasteiger partial charge < -0.3 is 9.63 Å². The first kappa shape index (κ1) is 10.2. The number of nitrogens with zero attached hydrogens (tertiary/aromatic N) is 2. The van der Waals surface area contributed by atoms with Crippen LogP contribution in [0.25, 0.3) is 0 Å². The first-order valence-electron chi connectivity index (χ1n) is 4.28. The van der Waals surface area contributed by atoms with Crippen molar-refractivity contribution in [2.24, 2.45) is 0 Å². The van der Waals surface area contributed by atoms with Crippen LogP contribution in [0.5, 0.6) is 0 Å². The van der Waals surface area contributed by atoms with Crippen LogP contribution < -0.4 is 0 Å². The molecule has 1 rings (SSSR count). The Kier molecular flexibility index (Phi) is 3.06. The van der Waals surface area contributed by atoms with Crippen LogP contribution >= 0.6 is 0 Å². The highest BCUT2D eigenvalue weighted by atomic mass is 16.5. The van der Waals surface area contributed by atoms with E-state index in [4.69, 9.17) is 4.52 Å². The first-order chi connectivity index (χ1) is 5.97. The molecule has 1 aromatic heterocycles. The minimum absolute atomic E-state index is 0.605. The maximum absolute atomic E-state index is 9.53. The van der Waals surface area contributed by atoms with Gasteiger partial charge in [-0.3, -0.25) is 4.90 Å². The van der Waals surface area contributed by atoms with Gasteiger partial charge >= 0.3 is 0 Å². The Morgan fingerprint density at radius 3 is 2.77 bits per heavy atom. The first-order valence-corrected chi connectivity index (χ1v) is 4.28. The average Bonchev–Trinajstić information content (AvgIpc) is 2.34. The van der Waals surface area contributed by atoms with Crippen molar-refractivity contribution < 1.29 is 9.63 Å². The number of hydrogen-bond acceptors (Lipinski definition) is 4. The molecule has 0 aromatic carbocycles. The predicted octanol–water partition coefficient (Wildman–Crippen LogP) is 0.877. The number of likely N-dealkylation sites (N-methyl/N-ethyl adjacent to an activating group) is 1. The van der Waals surface area contributed by atoms with Crippen molar-refractivity contribution in [3.8, 4) is 0 Å². The summed E-state index contributed by atoms with van der Waals surface area (Å²) in [7, 11) is 1.93. The lowest BCUT2D eigenvalue weighted by atomic mass is 10.1. The lowest BCUT2D eigenvalue weighted by molar-refractivity contribution is 0.0402. The van der Waals surface area contributed by atoms with E-state index in [1.54, 1.807) is 20.0 Å². The Hall–Kier alpha value is -0.870. The molecule has 0 bridgehead atoms. The van der Waals surface area contributed by atoms with E-state index in [-0.39, 0.29) is 0 Å². The molecule has 0 amide bonds. The van der Waals surface area contributed by atoms with Crippen LogP contribution in [-0.2, 0) is 6.54 Å². The van der Waals surface area contributed by atoms with E-state index in [1.807, 2.05) is 18.0 Å². The maximum atomic E-state index is 9.53. The molecule has 0 aliphatic rings. The van der Waals surface area contributed by atoms with Gasteiger partial charge in [0, 0.05) is 12.6 Å². The SMILES string of the molecule is CN(Cc1ccno1)CC(C)(C)O. The van der Waals surface area contributed by atoms with Gasteiger partial charge in [-0.15, -0.1) is 0 Å². The van der Waals surface area contributed by atoms with Crippen LogP contribution in [0.15, 0.2) is 16.8 Å². The van der Waals surface area contributed by atoms with Gasteiger partial charge in [0.1, 0.15) is 0 Å². The Labute approximate surface area is 78.1 Å². The van der Waals surface area contributed by atoms with Crippen LogP contribution in [0, 0.1) is 0 Å². The Morgan fingerprint density at radius 2 is 2.31 bits per heavy atom. The minimum Gasteiger partial charge on any atom is -0.389 e. The normalized spacial score (nSPS) is 12.4. The molecule has 0 saturated carbocycles. The third-order valence-electron chi connectivity index (χ3n) is 1.57. The summed E-state index contributed by atoms with van der Waals surface area (Å²) in [5.74, 6) is 0.812. The molecule has 74 valence electrons. The molecule has 0 unspecified atom stereocenters. The van der Waals surface area contributed by atoms with Crippen molar-refractivity contribution in [2.75, 3.05) is 13.6 Å².